The molecule has 0 radical (unpaired) electrons. The summed E-state index contributed by atoms with van der Waals surface area (Å²) in [6.45, 7) is 2.38. The van der Waals surface area contributed by atoms with E-state index in [1.54, 1.807) is 0 Å². The van der Waals surface area contributed by atoms with Crippen LogP contribution in [0.3, 0.4) is 0 Å². The predicted octanol–water partition coefficient (Wildman–Crippen LogP) is 2.16. The summed E-state index contributed by atoms with van der Waals surface area (Å²) in [4.78, 5) is 0.211. The van der Waals surface area contributed by atoms with Gasteiger partial charge in [0.15, 0.2) is 5.08 Å². The van der Waals surface area contributed by atoms with Crippen LogP contribution >= 0.6 is 15.9 Å². The van der Waals surface area contributed by atoms with E-state index in [1.165, 1.54) is 5.01 Å². The van der Waals surface area contributed by atoms with E-state index >= 15 is 0 Å². The van der Waals surface area contributed by atoms with E-state index < -0.39 is 11.4 Å². The summed E-state index contributed by atoms with van der Waals surface area (Å²) in [6, 6.07) is 0. The number of alkyl halides is 4. The molecule has 0 aromatic heterocycles. The van der Waals surface area contributed by atoms with Crippen molar-refractivity contribution in [2.24, 2.45) is 5.10 Å². The molecule has 1 rings (SSSR count). The smallest absolute Gasteiger partial charge is 0.263 e. The highest BCUT2D eigenvalue weighted by atomic mass is 79.9. The van der Waals surface area contributed by atoms with Crippen LogP contribution < -0.4 is 0 Å². The minimum Gasteiger partial charge on any atom is -0.263 e. The summed E-state index contributed by atoms with van der Waals surface area (Å²) < 4.78 is 36.6. The van der Waals surface area contributed by atoms with Gasteiger partial charge >= 0.3 is 6.30 Å². The van der Waals surface area contributed by atoms with E-state index in [0.29, 0.717) is 6.54 Å². The van der Waals surface area contributed by atoms with E-state index in [4.69, 9.17) is 0 Å². The Morgan fingerprint density at radius 1 is 1.54 bits per heavy atom. The fraction of sp³-hybridized carbons (Fsp3) is 0.833. The fourth-order valence-electron chi connectivity index (χ4n) is 0.955. The summed E-state index contributed by atoms with van der Waals surface area (Å²) in [5.41, 5.74) is 0. The van der Waals surface area contributed by atoms with E-state index in [1.807, 2.05) is 6.92 Å². The van der Waals surface area contributed by atoms with Crippen molar-refractivity contribution in [3.05, 3.63) is 0 Å². The highest BCUT2D eigenvalue weighted by molar-refractivity contribution is 9.09. The van der Waals surface area contributed by atoms with Gasteiger partial charge in [-0.2, -0.15) is 5.10 Å². The fourth-order valence-corrected chi connectivity index (χ4v) is 1.60. The van der Waals surface area contributed by atoms with Gasteiger partial charge < -0.3 is 0 Å². The van der Waals surface area contributed by atoms with Crippen molar-refractivity contribution < 1.29 is 13.2 Å². The average molecular weight is 260 g/mol. The van der Waals surface area contributed by atoms with Crippen LogP contribution in [0.15, 0.2) is 5.10 Å². The molecular formula is C6H9BrF3N3. The Bertz CT molecular complexity index is 206. The second kappa shape index (κ2) is 3.73. The number of hydrogen-bond donors (Lipinski definition) is 0. The van der Waals surface area contributed by atoms with E-state index in [2.05, 4.69) is 21.0 Å². The van der Waals surface area contributed by atoms with Crippen molar-refractivity contribution in [3.8, 4) is 0 Å². The van der Waals surface area contributed by atoms with E-state index in [9.17, 15) is 13.2 Å². The Hall–Kier alpha value is -0.460. The van der Waals surface area contributed by atoms with Gasteiger partial charge in [0, 0.05) is 6.54 Å². The van der Waals surface area contributed by atoms with Gasteiger partial charge in [-0.25, -0.2) is 4.90 Å². The molecule has 0 fully saturated rings. The van der Waals surface area contributed by atoms with Gasteiger partial charge in [-0.3, -0.25) is 5.01 Å². The third-order valence-electron chi connectivity index (χ3n) is 1.55. The molecule has 3 nitrogen and oxygen atoms in total. The minimum absolute atomic E-state index is 0.211. The number of rotatable bonds is 2. The Balaban J connectivity index is 2.61. The summed E-state index contributed by atoms with van der Waals surface area (Å²) >= 11 is 2.91. The monoisotopic (exact) mass is 259 g/mol. The molecule has 1 unspecified atom stereocenters. The lowest BCUT2D eigenvalue weighted by atomic mass is 10.5. The normalized spacial score (nSPS) is 23.0. The molecule has 0 aliphatic carbocycles. The van der Waals surface area contributed by atoms with Crippen LogP contribution in [0.5, 0.6) is 0 Å². The van der Waals surface area contributed by atoms with Gasteiger partial charge in [-0.15, -0.1) is 13.2 Å². The highest BCUT2D eigenvalue weighted by Crippen LogP contribution is 2.29. The molecule has 13 heavy (non-hydrogen) atoms. The van der Waals surface area contributed by atoms with Crippen LogP contribution in [0.4, 0.5) is 13.2 Å². The van der Waals surface area contributed by atoms with Crippen LogP contribution in [-0.2, 0) is 0 Å². The lowest BCUT2D eigenvalue weighted by Gasteiger charge is -2.26. The quantitative estimate of drug-likeness (QED) is 0.559. The summed E-state index contributed by atoms with van der Waals surface area (Å²) in [5.74, 6) is 0. The molecule has 0 N–H and O–H groups in total. The first-order chi connectivity index (χ1) is 5.96. The molecule has 0 saturated heterocycles. The topological polar surface area (TPSA) is 18.8 Å². The van der Waals surface area contributed by atoms with Crippen molar-refractivity contribution in [1.82, 2.24) is 9.91 Å². The van der Waals surface area contributed by atoms with Gasteiger partial charge in [-0.05, 0) is 22.4 Å². The number of halogens is 4. The van der Waals surface area contributed by atoms with Gasteiger partial charge in [0.25, 0.3) is 0 Å². The first kappa shape index (κ1) is 10.6. The van der Waals surface area contributed by atoms with Crippen LogP contribution in [0.25, 0.3) is 0 Å². The highest BCUT2D eigenvalue weighted by Gasteiger charge is 2.44. The third-order valence-corrected chi connectivity index (χ3v) is 2.46. The molecule has 7 heteroatoms. The predicted molar refractivity (Wildman–Crippen MR) is 46.1 cm³/mol. The number of hydrazone groups is 1. The molecule has 0 aromatic rings. The third kappa shape index (κ3) is 2.26. The molecule has 76 valence electrons. The Morgan fingerprint density at radius 3 is 2.54 bits per heavy atom. The lowest BCUT2D eigenvalue weighted by Crippen LogP contribution is -2.43. The van der Waals surface area contributed by atoms with Crippen molar-refractivity contribution >= 4 is 22.3 Å². The largest absolute Gasteiger partial charge is 0.488 e. The van der Waals surface area contributed by atoms with Crippen LogP contribution in [0.1, 0.15) is 13.3 Å². The summed E-state index contributed by atoms with van der Waals surface area (Å²) in [5, 5.41) is 4.05. The van der Waals surface area contributed by atoms with Crippen molar-refractivity contribution in [1.29, 1.82) is 0 Å². The molecule has 0 bridgehead atoms. The zero-order valence-corrected chi connectivity index (χ0v) is 8.51. The number of nitrogens with zero attached hydrogens (tertiary/aromatic N) is 3. The Morgan fingerprint density at radius 2 is 2.15 bits per heavy atom. The van der Waals surface area contributed by atoms with Gasteiger partial charge in [0.2, 0.25) is 0 Å². The first-order valence-electron chi connectivity index (χ1n) is 3.76. The molecule has 0 saturated carbocycles. The van der Waals surface area contributed by atoms with Crippen LogP contribution in [0, 0.1) is 0 Å². The van der Waals surface area contributed by atoms with Gasteiger partial charge in [0.05, 0.1) is 0 Å². The van der Waals surface area contributed by atoms with Crippen molar-refractivity contribution in [3.63, 3.8) is 0 Å². The molecule has 1 aliphatic heterocycles. The van der Waals surface area contributed by atoms with Gasteiger partial charge in [0.1, 0.15) is 6.34 Å². The molecule has 0 amide bonds. The van der Waals surface area contributed by atoms with Crippen LogP contribution in [-0.4, -0.2) is 34.2 Å². The lowest BCUT2D eigenvalue weighted by molar-refractivity contribution is -0.223. The number of hydrogen-bond acceptors (Lipinski definition) is 3. The molecule has 1 aliphatic rings. The maximum atomic E-state index is 12.2. The molecule has 1 heterocycles. The zero-order chi connectivity index (χ0) is 10.1. The molecule has 0 aromatic carbocycles. The van der Waals surface area contributed by atoms with Gasteiger partial charge in [-0.1, -0.05) is 6.92 Å². The first-order valence-corrected chi connectivity index (χ1v) is 4.68. The maximum absolute atomic E-state index is 12.2. The van der Waals surface area contributed by atoms with Crippen LogP contribution in [0.2, 0.25) is 0 Å². The minimum atomic E-state index is -4.37. The van der Waals surface area contributed by atoms with Crippen molar-refractivity contribution in [2.45, 2.75) is 24.7 Å². The zero-order valence-electron chi connectivity index (χ0n) is 6.92. The van der Waals surface area contributed by atoms with Crippen molar-refractivity contribution in [2.75, 3.05) is 6.54 Å². The van der Waals surface area contributed by atoms with E-state index in [-0.39, 0.29) is 4.90 Å². The van der Waals surface area contributed by atoms with E-state index in [0.717, 1.165) is 12.8 Å². The summed E-state index contributed by atoms with van der Waals surface area (Å²) in [6.07, 6.45) is -2.83. The molecular weight excluding hydrogens is 251 g/mol. The average Bonchev–Trinajstić information content (AvgIpc) is 2.32. The Labute approximate surface area is 82.3 Å². The summed E-state index contributed by atoms with van der Waals surface area (Å²) in [7, 11) is 0. The SMILES string of the molecule is CCCN1N=CN(C(F)(F)F)C1Br. The second-order valence-electron chi connectivity index (χ2n) is 2.58. The molecule has 1 atom stereocenters. The Kier molecular flexibility index (Phi) is 3.05. The standard InChI is InChI=1S/C6H9BrF3N3/c1-2-3-13-5(7)12(4-11-13)6(8,9)10/h4-5H,2-3H2,1H3. The maximum Gasteiger partial charge on any atom is 0.488 e. The second-order valence-corrected chi connectivity index (χ2v) is 3.40. The molecule has 0 spiro atoms.